The highest BCUT2D eigenvalue weighted by molar-refractivity contribution is 7.17. The lowest BCUT2D eigenvalue weighted by Crippen LogP contribution is -2.35. The monoisotopic (exact) mass is 510 g/mol. The third-order valence-corrected chi connectivity index (χ3v) is 7.41. The Balaban J connectivity index is 1.33. The fourth-order valence-electron chi connectivity index (χ4n) is 4.60. The second-order valence-electron chi connectivity index (χ2n) is 8.90. The molecule has 6 rings (SSSR count). The number of benzene rings is 2. The lowest BCUT2D eigenvalue weighted by atomic mass is 10.0. The first-order chi connectivity index (χ1) is 18.2. The van der Waals surface area contributed by atoms with Crippen LogP contribution in [0.1, 0.15) is 11.3 Å². The Morgan fingerprint density at radius 3 is 2.86 bits per heavy atom. The molecule has 1 aliphatic heterocycles. The van der Waals surface area contributed by atoms with Crippen molar-refractivity contribution in [1.29, 1.82) is 0 Å². The summed E-state index contributed by atoms with van der Waals surface area (Å²) in [6, 6.07) is 20.3. The second kappa shape index (κ2) is 10.4. The van der Waals surface area contributed by atoms with Crippen LogP contribution in [0.5, 0.6) is 11.5 Å². The number of pyridine rings is 1. The lowest BCUT2D eigenvalue weighted by molar-refractivity contribution is -0.132. The summed E-state index contributed by atoms with van der Waals surface area (Å²) in [5.74, 6) is 1.41. The van der Waals surface area contributed by atoms with Gasteiger partial charge in [0.2, 0.25) is 5.91 Å². The van der Waals surface area contributed by atoms with Crippen LogP contribution in [-0.2, 0) is 24.3 Å². The third kappa shape index (κ3) is 5.06. The molecule has 0 aliphatic carbocycles. The van der Waals surface area contributed by atoms with Crippen molar-refractivity contribution >= 4 is 27.3 Å². The molecule has 3 aromatic heterocycles. The van der Waals surface area contributed by atoms with E-state index in [1.54, 1.807) is 34.6 Å². The van der Waals surface area contributed by atoms with Crippen molar-refractivity contribution in [3.63, 3.8) is 0 Å². The third-order valence-electron chi connectivity index (χ3n) is 6.44. The van der Waals surface area contributed by atoms with E-state index < -0.39 is 0 Å². The van der Waals surface area contributed by atoms with Gasteiger partial charge in [0.1, 0.15) is 13.2 Å². The van der Waals surface area contributed by atoms with Gasteiger partial charge < -0.3 is 14.4 Å². The summed E-state index contributed by atoms with van der Waals surface area (Å²) in [6.07, 6.45) is 5.96. The van der Waals surface area contributed by atoms with E-state index in [1.807, 2.05) is 29.2 Å². The Morgan fingerprint density at radius 1 is 1.08 bits per heavy atom. The number of amides is 1. The highest BCUT2D eigenvalue weighted by Crippen LogP contribution is 2.42. The van der Waals surface area contributed by atoms with E-state index in [4.69, 9.17) is 9.47 Å². The molecule has 2 aromatic carbocycles. The van der Waals surface area contributed by atoms with Crippen molar-refractivity contribution in [3.8, 4) is 22.6 Å². The predicted molar refractivity (Wildman–Crippen MR) is 144 cm³/mol. The summed E-state index contributed by atoms with van der Waals surface area (Å²) in [6.45, 7) is 2.02. The fraction of sp³-hybridized carbons (Fsp3) is 0.207. The first kappa shape index (κ1) is 23.2. The van der Waals surface area contributed by atoms with Gasteiger partial charge in [-0.1, -0.05) is 24.3 Å². The molecule has 0 fully saturated rings. The van der Waals surface area contributed by atoms with Gasteiger partial charge in [-0.3, -0.25) is 14.5 Å². The van der Waals surface area contributed by atoms with Crippen LogP contribution >= 0.6 is 11.3 Å². The molecule has 7 nitrogen and oxygen atoms in total. The highest BCUT2D eigenvalue weighted by Gasteiger charge is 2.24. The molecular weight excluding hydrogens is 484 g/mol. The fourth-order valence-corrected chi connectivity index (χ4v) is 5.57. The highest BCUT2D eigenvalue weighted by atomic mass is 32.1. The number of rotatable bonds is 7. The largest absolute Gasteiger partial charge is 0.489 e. The minimum Gasteiger partial charge on any atom is -0.489 e. The van der Waals surface area contributed by atoms with E-state index in [-0.39, 0.29) is 12.5 Å². The summed E-state index contributed by atoms with van der Waals surface area (Å²) in [4.78, 5) is 19.3. The van der Waals surface area contributed by atoms with Crippen molar-refractivity contribution in [2.75, 3.05) is 19.8 Å². The molecule has 0 radical (unpaired) electrons. The number of hydrogen-bond acceptors (Lipinski definition) is 6. The number of nitrogens with zero attached hydrogens (tertiary/aromatic N) is 4. The Labute approximate surface area is 218 Å². The maximum Gasteiger partial charge on any atom is 0.244 e. The van der Waals surface area contributed by atoms with Gasteiger partial charge in [0.25, 0.3) is 0 Å². The summed E-state index contributed by atoms with van der Waals surface area (Å²) in [5, 5.41) is 7.57. The van der Waals surface area contributed by atoms with Crippen LogP contribution < -0.4 is 9.47 Å². The SMILES string of the molecule is O=C(Cn1cccn1)N1CCOc2c(cc(-c3csc4ccccc34)cc2OCCc2ccccn2)C1. The van der Waals surface area contributed by atoms with Crippen LogP contribution in [0.25, 0.3) is 21.2 Å². The molecule has 0 unspecified atom stereocenters. The predicted octanol–water partition coefficient (Wildman–Crippen LogP) is 5.20. The molecule has 5 aromatic rings. The summed E-state index contributed by atoms with van der Waals surface area (Å²) >= 11 is 1.72. The molecule has 8 heteroatoms. The molecule has 186 valence electrons. The number of fused-ring (bicyclic) bond motifs is 2. The summed E-state index contributed by atoms with van der Waals surface area (Å²) in [7, 11) is 0. The van der Waals surface area contributed by atoms with Gasteiger partial charge >= 0.3 is 0 Å². The van der Waals surface area contributed by atoms with Crippen LogP contribution in [0.3, 0.4) is 0 Å². The van der Waals surface area contributed by atoms with E-state index in [2.05, 4.69) is 51.9 Å². The quantitative estimate of drug-likeness (QED) is 0.301. The molecular formula is C29H26N4O3S. The number of hydrogen-bond donors (Lipinski definition) is 0. The molecule has 0 spiro atoms. The van der Waals surface area contributed by atoms with E-state index >= 15 is 0 Å². The maximum absolute atomic E-state index is 13.1. The van der Waals surface area contributed by atoms with Crippen LogP contribution in [0, 0.1) is 0 Å². The smallest absolute Gasteiger partial charge is 0.244 e. The van der Waals surface area contributed by atoms with Crippen molar-refractivity contribution in [1.82, 2.24) is 19.7 Å². The van der Waals surface area contributed by atoms with Crippen LogP contribution in [0.2, 0.25) is 0 Å². The van der Waals surface area contributed by atoms with Gasteiger partial charge in [-0.15, -0.1) is 11.3 Å². The summed E-state index contributed by atoms with van der Waals surface area (Å²) < 4.78 is 15.4. The van der Waals surface area contributed by atoms with Crippen LogP contribution in [0.4, 0.5) is 0 Å². The van der Waals surface area contributed by atoms with Crippen molar-refractivity contribution in [2.45, 2.75) is 19.5 Å². The van der Waals surface area contributed by atoms with Crippen molar-refractivity contribution in [2.24, 2.45) is 0 Å². The maximum atomic E-state index is 13.1. The summed E-state index contributed by atoms with van der Waals surface area (Å²) in [5.41, 5.74) is 4.11. The van der Waals surface area contributed by atoms with E-state index in [0.29, 0.717) is 44.2 Å². The molecule has 0 N–H and O–H groups in total. The molecule has 37 heavy (non-hydrogen) atoms. The molecule has 0 bridgehead atoms. The average molecular weight is 511 g/mol. The zero-order chi connectivity index (χ0) is 25.0. The first-order valence-electron chi connectivity index (χ1n) is 12.3. The lowest BCUT2D eigenvalue weighted by Gasteiger charge is -2.20. The second-order valence-corrected chi connectivity index (χ2v) is 9.81. The van der Waals surface area contributed by atoms with E-state index in [9.17, 15) is 4.79 Å². The Kier molecular flexibility index (Phi) is 6.56. The van der Waals surface area contributed by atoms with Crippen molar-refractivity contribution < 1.29 is 14.3 Å². The number of carbonyl (C=O) groups excluding carboxylic acids is 1. The number of thiophene rings is 1. The zero-order valence-electron chi connectivity index (χ0n) is 20.2. The normalized spacial score (nSPS) is 13.1. The van der Waals surface area contributed by atoms with E-state index in [0.717, 1.165) is 22.4 Å². The van der Waals surface area contributed by atoms with Gasteiger partial charge in [0, 0.05) is 58.5 Å². The molecule has 0 atom stereocenters. The minimum absolute atomic E-state index is 0.00385. The van der Waals surface area contributed by atoms with Crippen LogP contribution in [-0.4, -0.2) is 45.3 Å². The average Bonchev–Trinajstić information content (AvgIpc) is 3.54. The topological polar surface area (TPSA) is 69.5 Å². The molecule has 1 amide bonds. The molecule has 4 heterocycles. The Morgan fingerprint density at radius 2 is 2.00 bits per heavy atom. The minimum atomic E-state index is 0.00385. The molecule has 0 saturated carbocycles. The number of carbonyl (C=O) groups is 1. The van der Waals surface area contributed by atoms with E-state index in [1.165, 1.54) is 10.1 Å². The number of ether oxygens (including phenoxy) is 2. The zero-order valence-corrected chi connectivity index (χ0v) is 21.1. The van der Waals surface area contributed by atoms with Crippen LogP contribution in [0.15, 0.2) is 84.6 Å². The van der Waals surface area contributed by atoms with Gasteiger partial charge in [-0.25, -0.2) is 0 Å². The Hall–Kier alpha value is -4.17. The van der Waals surface area contributed by atoms with Gasteiger partial charge in [-0.05, 0) is 47.3 Å². The molecule has 0 saturated heterocycles. The number of aromatic nitrogens is 3. The van der Waals surface area contributed by atoms with Gasteiger partial charge in [-0.2, -0.15) is 5.10 Å². The van der Waals surface area contributed by atoms with Gasteiger partial charge in [0.15, 0.2) is 11.5 Å². The first-order valence-corrected chi connectivity index (χ1v) is 13.2. The standard InChI is InChI=1S/C29H26N4O3S/c34-28(19-33-12-5-11-31-33)32-13-15-36-29-22(18-32)16-21(25-20-37-27-8-2-1-7-24(25)27)17-26(29)35-14-9-23-6-3-4-10-30-23/h1-8,10-12,16-17,20H,9,13-15,18-19H2. The van der Waals surface area contributed by atoms with Crippen molar-refractivity contribution in [3.05, 3.63) is 95.9 Å². The Bertz CT molecular complexity index is 1520. The van der Waals surface area contributed by atoms with Gasteiger partial charge in [0.05, 0.1) is 13.2 Å². The molecule has 1 aliphatic rings.